The van der Waals surface area contributed by atoms with Crippen molar-refractivity contribution < 1.29 is 18.1 Å². The lowest BCUT2D eigenvalue weighted by Crippen LogP contribution is -2.56. The molecule has 3 unspecified atom stereocenters. The lowest BCUT2D eigenvalue weighted by Gasteiger charge is -2.42. The Bertz CT molecular complexity index is 1340. The zero-order valence-corrected chi connectivity index (χ0v) is 23.1. The second kappa shape index (κ2) is 10.5. The Hall–Kier alpha value is -3.17. The number of hydrogen-bond acceptors (Lipinski definition) is 5. The van der Waals surface area contributed by atoms with E-state index in [0.717, 1.165) is 24.1 Å². The van der Waals surface area contributed by atoms with Crippen molar-refractivity contribution in [2.24, 2.45) is 0 Å². The molecule has 7 nitrogen and oxygen atoms in total. The van der Waals surface area contributed by atoms with Crippen LogP contribution in [0.1, 0.15) is 39.2 Å². The largest absolute Gasteiger partial charge is 0.444 e. The molecule has 2 aromatic carbocycles. The van der Waals surface area contributed by atoms with Crippen molar-refractivity contribution in [3.8, 4) is 11.3 Å². The predicted molar refractivity (Wildman–Crippen MR) is 148 cm³/mol. The van der Waals surface area contributed by atoms with Gasteiger partial charge in [0.05, 0.1) is 10.6 Å². The van der Waals surface area contributed by atoms with E-state index in [2.05, 4.69) is 10.2 Å². The first-order chi connectivity index (χ1) is 18.1. The minimum absolute atomic E-state index is 0.174. The number of amides is 1. The summed E-state index contributed by atoms with van der Waals surface area (Å²) in [6, 6.07) is 16.6. The fraction of sp³-hybridized carbons (Fsp3) is 0.414. The average molecular weight is 539 g/mol. The number of benzene rings is 2. The highest BCUT2D eigenvalue weighted by molar-refractivity contribution is 7.83. The molecule has 2 fully saturated rings. The number of aromatic nitrogens is 1. The van der Waals surface area contributed by atoms with Crippen LogP contribution in [0.5, 0.6) is 0 Å². The summed E-state index contributed by atoms with van der Waals surface area (Å²) in [5.74, 6) is -0.354. The molecule has 0 radical (unpaired) electrons. The lowest BCUT2D eigenvalue weighted by molar-refractivity contribution is 0.0209. The lowest BCUT2D eigenvalue weighted by atomic mass is 10.1. The van der Waals surface area contributed by atoms with Gasteiger partial charge in [-0.1, -0.05) is 18.2 Å². The van der Waals surface area contributed by atoms with Gasteiger partial charge in [0, 0.05) is 49.2 Å². The van der Waals surface area contributed by atoms with Crippen molar-refractivity contribution in [3.63, 3.8) is 0 Å². The molecule has 2 aliphatic heterocycles. The smallest absolute Gasteiger partial charge is 0.410 e. The van der Waals surface area contributed by atoms with Gasteiger partial charge < -0.3 is 19.9 Å². The van der Waals surface area contributed by atoms with Gasteiger partial charge >= 0.3 is 6.09 Å². The van der Waals surface area contributed by atoms with E-state index in [1.54, 1.807) is 22.2 Å². The summed E-state index contributed by atoms with van der Waals surface area (Å²) < 4.78 is 35.9. The number of nitrogens with zero attached hydrogens (tertiary/aromatic N) is 3. The van der Waals surface area contributed by atoms with Crippen LogP contribution >= 0.6 is 0 Å². The zero-order chi connectivity index (χ0) is 27.0. The second-order valence-electron chi connectivity index (χ2n) is 11.0. The van der Waals surface area contributed by atoms with Gasteiger partial charge in [-0.15, -0.1) is 0 Å². The predicted octanol–water partition coefficient (Wildman–Crippen LogP) is 5.17. The molecule has 1 amide bonds. The van der Waals surface area contributed by atoms with Crippen LogP contribution in [0.3, 0.4) is 0 Å². The molecule has 0 saturated carbocycles. The molecule has 202 valence electrons. The summed E-state index contributed by atoms with van der Waals surface area (Å²) >= 11 is 0. The average Bonchev–Trinajstić information content (AvgIpc) is 3.40. The zero-order valence-electron chi connectivity index (χ0n) is 22.3. The Morgan fingerprint density at radius 3 is 2.45 bits per heavy atom. The van der Waals surface area contributed by atoms with Crippen molar-refractivity contribution in [1.82, 2.24) is 14.2 Å². The molecule has 1 aromatic heterocycles. The van der Waals surface area contributed by atoms with E-state index in [4.69, 9.17) is 4.74 Å². The molecule has 0 spiro atoms. The molecule has 5 rings (SSSR count). The quantitative estimate of drug-likeness (QED) is 0.469. The summed E-state index contributed by atoms with van der Waals surface area (Å²) in [4.78, 5) is 17.5. The van der Waals surface area contributed by atoms with Crippen LogP contribution in [0.2, 0.25) is 0 Å². The molecule has 2 bridgehead atoms. The Labute approximate surface area is 226 Å². The van der Waals surface area contributed by atoms with Gasteiger partial charge in [-0.3, -0.25) is 3.97 Å². The molecule has 3 aromatic rings. The Kier molecular flexibility index (Phi) is 7.33. The number of ether oxygens (including phenoxy) is 1. The number of likely N-dealkylation sites (tertiary alicyclic amines) is 1. The molecule has 3 heterocycles. The molecular weight excluding hydrogens is 503 g/mol. The molecule has 3 atom stereocenters. The van der Waals surface area contributed by atoms with Crippen LogP contribution in [0, 0.1) is 5.82 Å². The number of carbonyl (C=O) groups excluding carboxylic acids is 1. The minimum atomic E-state index is -1.58. The van der Waals surface area contributed by atoms with Crippen LogP contribution in [-0.4, -0.2) is 57.0 Å². The highest BCUT2D eigenvalue weighted by Gasteiger charge is 2.42. The third kappa shape index (κ3) is 5.35. The van der Waals surface area contributed by atoms with Gasteiger partial charge in [-0.25, -0.2) is 13.4 Å². The fourth-order valence-electron chi connectivity index (χ4n) is 5.47. The topological polar surface area (TPSA) is 66.8 Å². The van der Waals surface area contributed by atoms with E-state index in [0.29, 0.717) is 35.8 Å². The summed E-state index contributed by atoms with van der Waals surface area (Å²) in [7, 11) is 0.263. The molecule has 38 heavy (non-hydrogen) atoms. The summed E-state index contributed by atoms with van der Waals surface area (Å²) in [6.45, 7) is 7.42. The Morgan fingerprint density at radius 1 is 1.08 bits per heavy atom. The molecule has 2 aliphatic rings. The Balaban J connectivity index is 1.41. The number of nitrogens with one attached hydrogen (secondary N) is 1. The van der Waals surface area contributed by atoms with Crippen LogP contribution in [-0.2, 0) is 22.3 Å². The number of piperazine rings is 1. The standard InChI is InChI=1S/C29H35FN4O3S/c1-29(2,3)37-28(35)32-18-22-12-13-23(19-32)34(22)21-8-7-9-24(15-21)38(36)33-17-20(16-31-4)14-27(33)25-10-5-6-11-26(25)30/h5-11,14-15,17,22-23,31H,12-13,16,18-19H2,1-4H3. The highest BCUT2D eigenvalue weighted by atomic mass is 32.2. The molecule has 9 heteroatoms. The van der Waals surface area contributed by atoms with E-state index >= 15 is 0 Å². The summed E-state index contributed by atoms with van der Waals surface area (Å²) in [5.41, 5.74) is 2.37. The highest BCUT2D eigenvalue weighted by Crippen LogP contribution is 2.36. The minimum Gasteiger partial charge on any atom is -0.444 e. The van der Waals surface area contributed by atoms with E-state index in [9.17, 15) is 13.4 Å². The monoisotopic (exact) mass is 538 g/mol. The SMILES string of the molecule is CNCc1cc(-c2ccccc2F)n(S(=O)c2cccc(N3C4CCC3CN(C(=O)OC(C)(C)C)C4)c2)c1. The number of fused-ring (bicyclic) bond motifs is 2. The van der Waals surface area contributed by atoms with E-state index in [1.807, 2.05) is 69.2 Å². The molecule has 1 N–H and O–H groups in total. The summed E-state index contributed by atoms with van der Waals surface area (Å²) in [5, 5.41) is 3.11. The van der Waals surface area contributed by atoms with E-state index in [-0.39, 0.29) is 24.0 Å². The number of halogens is 1. The van der Waals surface area contributed by atoms with Gasteiger partial charge in [0.1, 0.15) is 11.4 Å². The second-order valence-corrected chi connectivity index (χ2v) is 12.4. The van der Waals surface area contributed by atoms with Gasteiger partial charge in [0.25, 0.3) is 0 Å². The van der Waals surface area contributed by atoms with Crippen LogP contribution in [0.4, 0.5) is 14.9 Å². The first-order valence-electron chi connectivity index (χ1n) is 13.0. The normalized spacial score (nSPS) is 20.0. The number of carbonyl (C=O) groups is 1. The van der Waals surface area contributed by atoms with Crippen molar-refractivity contribution in [1.29, 1.82) is 0 Å². The third-order valence-electron chi connectivity index (χ3n) is 7.00. The van der Waals surface area contributed by atoms with Crippen LogP contribution < -0.4 is 10.2 Å². The number of rotatable bonds is 6. The first-order valence-corrected chi connectivity index (χ1v) is 14.1. The molecular formula is C29H35FN4O3S. The van der Waals surface area contributed by atoms with Gasteiger partial charge in [0.2, 0.25) is 0 Å². The van der Waals surface area contributed by atoms with Crippen molar-refractivity contribution in [2.45, 2.75) is 62.7 Å². The fourth-order valence-corrected chi connectivity index (χ4v) is 6.67. The first kappa shape index (κ1) is 26.4. The third-order valence-corrected chi connectivity index (χ3v) is 8.32. The van der Waals surface area contributed by atoms with Gasteiger partial charge in [-0.05, 0) is 82.6 Å². The molecule has 2 saturated heterocycles. The maximum Gasteiger partial charge on any atom is 0.410 e. The van der Waals surface area contributed by atoms with Crippen molar-refractivity contribution in [2.75, 3.05) is 25.0 Å². The Morgan fingerprint density at radius 2 is 1.79 bits per heavy atom. The maximum atomic E-state index is 14.7. The van der Waals surface area contributed by atoms with Crippen LogP contribution in [0.25, 0.3) is 11.3 Å². The van der Waals surface area contributed by atoms with Crippen LogP contribution in [0.15, 0.2) is 65.7 Å². The maximum absolute atomic E-state index is 14.7. The van der Waals surface area contributed by atoms with Crippen molar-refractivity contribution >= 4 is 22.8 Å². The number of hydrogen-bond donors (Lipinski definition) is 1. The molecule has 0 aliphatic carbocycles. The van der Waals surface area contributed by atoms with Gasteiger partial charge in [0.15, 0.2) is 11.0 Å². The van der Waals surface area contributed by atoms with Crippen molar-refractivity contribution in [3.05, 3.63) is 72.2 Å². The van der Waals surface area contributed by atoms with E-state index in [1.165, 1.54) is 6.07 Å². The van der Waals surface area contributed by atoms with Gasteiger partial charge in [-0.2, -0.15) is 0 Å². The van der Waals surface area contributed by atoms with E-state index < -0.39 is 16.6 Å². The summed E-state index contributed by atoms with van der Waals surface area (Å²) in [6.07, 6.45) is 3.53. The number of anilines is 1.